The van der Waals surface area contributed by atoms with Crippen molar-refractivity contribution in [3.8, 4) is 22.6 Å². The Labute approximate surface area is 185 Å². The van der Waals surface area contributed by atoms with Crippen LogP contribution in [-0.4, -0.2) is 31.0 Å². The van der Waals surface area contributed by atoms with Gasteiger partial charge in [0, 0.05) is 30.9 Å². The fourth-order valence-electron chi connectivity index (χ4n) is 4.07. The number of halogens is 1. The second kappa shape index (κ2) is 8.70. The lowest BCUT2D eigenvalue weighted by molar-refractivity contribution is 0.628. The zero-order chi connectivity index (χ0) is 21.9. The molecule has 0 saturated heterocycles. The minimum absolute atomic E-state index is 0.126. The van der Waals surface area contributed by atoms with Crippen LogP contribution in [-0.2, 0) is 6.42 Å². The van der Waals surface area contributed by atoms with Gasteiger partial charge in [0.05, 0.1) is 28.8 Å². The van der Waals surface area contributed by atoms with Crippen LogP contribution in [0.5, 0.6) is 0 Å². The van der Waals surface area contributed by atoms with E-state index in [4.69, 9.17) is 9.97 Å². The maximum atomic E-state index is 13.6. The quantitative estimate of drug-likeness (QED) is 0.460. The number of anilines is 1. The summed E-state index contributed by atoms with van der Waals surface area (Å²) in [7, 11) is 0. The lowest BCUT2D eigenvalue weighted by Crippen LogP contribution is -2.07. The molecule has 5 rings (SSSR count). The third-order valence-corrected chi connectivity index (χ3v) is 5.51. The molecule has 1 aliphatic rings. The molecule has 4 aromatic rings. The summed E-state index contributed by atoms with van der Waals surface area (Å²) in [4.78, 5) is 18.4. The number of imidazole rings is 1. The van der Waals surface area contributed by atoms with E-state index in [-0.39, 0.29) is 11.9 Å². The van der Waals surface area contributed by atoms with Gasteiger partial charge in [-0.05, 0) is 61.9 Å². The van der Waals surface area contributed by atoms with Gasteiger partial charge < -0.3 is 9.88 Å². The van der Waals surface area contributed by atoms with Crippen molar-refractivity contribution >= 4 is 12.0 Å². The first-order valence-corrected chi connectivity index (χ1v) is 10.8. The smallest absolute Gasteiger partial charge is 0.223 e. The number of pyridine rings is 1. The van der Waals surface area contributed by atoms with E-state index >= 15 is 0 Å². The van der Waals surface area contributed by atoms with Gasteiger partial charge in [0.25, 0.3) is 0 Å². The van der Waals surface area contributed by atoms with Gasteiger partial charge in [0.15, 0.2) is 0 Å². The maximum absolute atomic E-state index is 13.6. The predicted octanol–water partition coefficient (Wildman–Crippen LogP) is 5.17. The van der Waals surface area contributed by atoms with Crippen molar-refractivity contribution in [1.29, 1.82) is 0 Å². The Morgan fingerprint density at radius 3 is 2.72 bits per heavy atom. The van der Waals surface area contributed by atoms with Gasteiger partial charge in [-0.15, -0.1) is 0 Å². The number of aromatic nitrogens is 5. The first-order valence-electron chi connectivity index (χ1n) is 10.8. The van der Waals surface area contributed by atoms with Gasteiger partial charge in [-0.2, -0.15) is 0 Å². The van der Waals surface area contributed by atoms with E-state index < -0.39 is 0 Å². The number of fused-ring (bicyclic) bond motifs is 1. The molecular formula is C25H23FN6. The molecule has 3 aromatic heterocycles. The average Bonchev–Trinajstić information content (AvgIpc) is 3.39. The Morgan fingerprint density at radius 2 is 1.94 bits per heavy atom. The number of nitrogens with one attached hydrogen (secondary N) is 1. The van der Waals surface area contributed by atoms with Crippen molar-refractivity contribution in [2.45, 2.75) is 25.8 Å². The van der Waals surface area contributed by atoms with Gasteiger partial charge in [0.2, 0.25) is 5.95 Å². The lowest BCUT2D eigenvalue weighted by atomic mass is 10.1. The summed E-state index contributed by atoms with van der Waals surface area (Å²) in [6.45, 7) is 2.74. The second-order valence-corrected chi connectivity index (χ2v) is 7.62. The number of nitrogens with zero attached hydrogens (tertiary/aromatic N) is 5. The highest BCUT2D eigenvalue weighted by atomic mass is 19.1. The Balaban J connectivity index is 1.63. The lowest BCUT2D eigenvalue weighted by Gasteiger charge is -2.15. The highest BCUT2D eigenvalue weighted by Gasteiger charge is 2.29. The van der Waals surface area contributed by atoms with Crippen molar-refractivity contribution in [1.82, 2.24) is 24.5 Å². The van der Waals surface area contributed by atoms with Gasteiger partial charge in [-0.3, -0.25) is 4.98 Å². The number of hydrogen-bond donors (Lipinski definition) is 1. The molecule has 0 amide bonds. The van der Waals surface area contributed by atoms with E-state index in [9.17, 15) is 4.39 Å². The highest BCUT2D eigenvalue weighted by molar-refractivity contribution is 5.78. The van der Waals surface area contributed by atoms with Gasteiger partial charge >= 0.3 is 0 Å². The summed E-state index contributed by atoms with van der Waals surface area (Å²) in [5, 5.41) is 3.18. The van der Waals surface area contributed by atoms with E-state index in [0.717, 1.165) is 53.5 Å². The Morgan fingerprint density at radius 1 is 1.06 bits per heavy atom. The second-order valence-electron chi connectivity index (χ2n) is 7.62. The van der Waals surface area contributed by atoms with Crippen molar-refractivity contribution in [3.05, 3.63) is 84.3 Å². The molecule has 1 aliphatic heterocycles. The third-order valence-electron chi connectivity index (χ3n) is 5.51. The molecule has 7 heteroatoms. The summed E-state index contributed by atoms with van der Waals surface area (Å²) in [5.74, 6) is 1.30. The molecule has 0 radical (unpaired) electrons. The molecule has 0 fully saturated rings. The summed E-state index contributed by atoms with van der Waals surface area (Å²) in [6.07, 6.45) is 9.57. The molecular weight excluding hydrogens is 403 g/mol. The standard InChI is InChI=1S/C25H23FN6/c1-2-27-25-29-16-14-21(30-25)24-23(17-6-8-18(26)9-7-17)31-22-13-12-20(32(22)24)11-10-19-5-3-4-15-28-19/h3-11,14-16,20H,2,12-13H2,1H3,(H,27,29,30). The van der Waals surface area contributed by atoms with Crippen LogP contribution >= 0.6 is 0 Å². The van der Waals surface area contributed by atoms with Crippen LogP contribution in [0.4, 0.5) is 10.3 Å². The first-order chi connectivity index (χ1) is 15.7. The number of aryl methyl sites for hydroxylation is 1. The van der Waals surface area contributed by atoms with E-state index in [0.29, 0.717) is 5.95 Å². The minimum Gasteiger partial charge on any atom is -0.354 e. The largest absolute Gasteiger partial charge is 0.354 e. The molecule has 6 nitrogen and oxygen atoms in total. The average molecular weight is 426 g/mol. The number of benzene rings is 1. The molecule has 0 bridgehead atoms. The monoisotopic (exact) mass is 426 g/mol. The summed E-state index contributed by atoms with van der Waals surface area (Å²) >= 11 is 0. The van der Waals surface area contributed by atoms with E-state index in [2.05, 4.69) is 25.9 Å². The van der Waals surface area contributed by atoms with E-state index in [1.165, 1.54) is 12.1 Å². The molecule has 1 atom stereocenters. The van der Waals surface area contributed by atoms with Gasteiger partial charge in [-0.1, -0.05) is 12.1 Å². The zero-order valence-corrected chi connectivity index (χ0v) is 17.7. The Kier molecular flexibility index (Phi) is 5.46. The summed E-state index contributed by atoms with van der Waals surface area (Å²) < 4.78 is 15.8. The SMILES string of the molecule is CCNc1nccc(-c2c(-c3ccc(F)cc3)nc3n2C(C=Cc2ccccn2)CC3)n1. The molecule has 1 aromatic carbocycles. The van der Waals surface area contributed by atoms with Gasteiger partial charge in [0.1, 0.15) is 11.6 Å². The van der Waals surface area contributed by atoms with Crippen LogP contribution in [0.25, 0.3) is 28.7 Å². The minimum atomic E-state index is -0.269. The fourth-order valence-corrected chi connectivity index (χ4v) is 4.07. The van der Waals surface area contributed by atoms with Gasteiger partial charge in [-0.25, -0.2) is 19.3 Å². The Bertz CT molecular complexity index is 1250. The first kappa shape index (κ1) is 20.1. The van der Waals surface area contributed by atoms with Crippen LogP contribution in [0, 0.1) is 5.82 Å². The van der Waals surface area contributed by atoms with E-state index in [1.807, 2.05) is 37.3 Å². The fraction of sp³-hybridized carbons (Fsp3) is 0.200. The van der Waals surface area contributed by atoms with Crippen molar-refractivity contribution in [3.63, 3.8) is 0 Å². The predicted molar refractivity (Wildman–Crippen MR) is 123 cm³/mol. The van der Waals surface area contributed by atoms with Crippen molar-refractivity contribution < 1.29 is 4.39 Å². The molecule has 32 heavy (non-hydrogen) atoms. The van der Waals surface area contributed by atoms with Crippen LogP contribution in [0.3, 0.4) is 0 Å². The van der Waals surface area contributed by atoms with E-state index in [1.54, 1.807) is 24.5 Å². The topological polar surface area (TPSA) is 68.5 Å². The van der Waals surface area contributed by atoms with Crippen LogP contribution in [0.15, 0.2) is 67.0 Å². The summed E-state index contributed by atoms with van der Waals surface area (Å²) in [5.41, 5.74) is 4.28. The maximum Gasteiger partial charge on any atom is 0.223 e. The molecule has 0 aliphatic carbocycles. The van der Waals surface area contributed by atoms with Crippen LogP contribution in [0.1, 0.15) is 30.9 Å². The normalized spacial score (nSPS) is 15.2. The highest BCUT2D eigenvalue weighted by Crippen LogP contribution is 2.39. The van der Waals surface area contributed by atoms with Crippen LogP contribution in [0.2, 0.25) is 0 Å². The summed E-state index contributed by atoms with van der Waals surface area (Å²) in [6, 6.07) is 14.4. The van der Waals surface area contributed by atoms with Crippen molar-refractivity contribution in [2.24, 2.45) is 0 Å². The molecule has 0 spiro atoms. The van der Waals surface area contributed by atoms with Crippen molar-refractivity contribution in [2.75, 3.05) is 11.9 Å². The van der Waals surface area contributed by atoms with Crippen LogP contribution < -0.4 is 5.32 Å². The molecule has 160 valence electrons. The molecule has 1 N–H and O–H groups in total. The molecule has 1 unspecified atom stereocenters. The number of allylic oxidation sites excluding steroid dienone is 1. The zero-order valence-electron chi connectivity index (χ0n) is 17.7. The Hall–Kier alpha value is -3.87. The molecule has 4 heterocycles. The molecule has 0 saturated carbocycles. The number of rotatable bonds is 6. The third kappa shape index (κ3) is 3.89. The number of hydrogen-bond acceptors (Lipinski definition) is 5.